The molecule has 0 radical (unpaired) electrons. The third kappa shape index (κ3) is 1.55. The minimum Gasteiger partial charge on any atom is -0.247 e. The van der Waals surface area contributed by atoms with Crippen molar-refractivity contribution >= 4 is 31.9 Å². The average molecular weight is 262 g/mol. The summed E-state index contributed by atoms with van der Waals surface area (Å²) in [4.78, 5) is 3.90. The van der Waals surface area contributed by atoms with Crippen molar-refractivity contribution in [1.82, 2.24) is 4.98 Å². The lowest BCUT2D eigenvalue weighted by atomic mass is 10.3. The quantitative estimate of drug-likeness (QED) is 0.673. The predicted octanol–water partition coefficient (Wildman–Crippen LogP) is 2.48. The van der Waals surface area contributed by atoms with Crippen molar-refractivity contribution < 1.29 is 0 Å². The van der Waals surface area contributed by atoms with Crippen LogP contribution in [-0.4, -0.2) is 4.98 Å². The lowest BCUT2D eigenvalue weighted by molar-refractivity contribution is 1.23. The highest BCUT2D eigenvalue weighted by Crippen LogP contribution is 2.16. The van der Waals surface area contributed by atoms with Gasteiger partial charge in [0.15, 0.2) is 0 Å². The van der Waals surface area contributed by atoms with E-state index < -0.39 is 0 Å². The Kier molecular flexibility index (Phi) is 2.41. The summed E-state index contributed by atoms with van der Waals surface area (Å²) in [6.45, 7) is 0. The minimum absolute atomic E-state index is 0.536. The monoisotopic (exact) mass is 260 g/mol. The normalized spacial score (nSPS) is 8.90. The van der Waals surface area contributed by atoms with Gasteiger partial charge in [0.1, 0.15) is 10.7 Å². The van der Waals surface area contributed by atoms with Crippen LogP contribution in [0.4, 0.5) is 0 Å². The first kappa shape index (κ1) is 7.70. The van der Waals surface area contributed by atoms with Gasteiger partial charge in [-0.05, 0) is 37.9 Å². The largest absolute Gasteiger partial charge is 0.247 e. The molecule has 4 heteroatoms. The molecule has 1 aromatic heterocycles. The molecule has 0 aliphatic carbocycles. The SMILES string of the molecule is N#Cc1cc(Br)cnc1Br. The number of hydrogen-bond acceptors (Lipinski definition) is 2. The topological polar surface area (TPSA) is 36.7 Å². The Labute approximate surface area is 75.1 Å². The standard InChI is InChI=1S/C6H2Br2N2/c7-5-1-4(2-9)6(8)10-3-5/h1,3H. The highest BCUT2D eigenvalue weighted by atomic mass is 79.9. The van der Waals surface area contributed by atoms with E-state index >= 15 is 0 Å². The van der Waals surface area contributed by atoms with Gasteiger partial charge in [-0.3, -0.25) is 0 Å². The summed E-state index contributed by atoms with van der Waals surface area (Å²) in [5.74, 6) is 0. The molecule has 2 nitrogen and oxygen atoms in total. The van der Waals surface area contributed by atoms with Crippen molar-refractivity contribution in [2.45, 2.75) is 0 Å². The van der Waals surface area contributed by atoms with Gasteiger partial charge in [-0.25, -0.2) is 4.98 Å². The van der Waals surface area contributed by atoms with Gasteiger partial charge in [-0.15, -0.1) is 0 Å². The Morgan fingerprint density at radius 2 is 2.20 bits per heavy atom. The van der Waals surface area contributed by atoms with Gasteiger partial charge in [0.2, 0.25) is 0 Å². The van der Waals surface area contributed by atoms with Crippen molar-refractivity contribution in [3.05, 3.63) is 26.9 Å². The smallest absolute Gasteiger partial charge is 0.123 e. The molecule has 0 amide bonds. The summed E-state index contributed by atoms with van der Waals surface area (Å²) in [5, 5.41) is 8.50. The molecule has 0 aliphatic rings. The number of hydrogen-bond donors (Lipinski definition) is 0. The first-order chi connectivity index (χ1) is 4.74. The molecule has 1 aromatic rings. The van der Waals surface area contributed by atoms with E-state index in [0.717, 1.165) is 4.47 Å². The highest BCUT2D eigenvalue weighted by Gasteiger charge is 1.98. The Morgan fingerprint density at radius 1 is 1.50 bits per heavy atom. The molecule has 0 N–H and O–H groups in total. The van der Waals surface area contributed by atoms with E-state index in [4.69, 9.17) is 5.26 Å². The number of halogens is 2. The van der Waals surface area contributed by atoms with Crippen LogP contribution in [0.3, 0.4) is 0 Å². The van der Waals surface area contributed by atoms with Crippen molar-refractivity contribution in [3.63, 3.8) is 0 Å². The van der Waals surface area contributed by atoms with Crippen LogP contribution in [0.1, 0.15) is 5.56 Å². The minimum atomic E-state index is 0.536. The van der Waals surface area contributed by atoms with Gasteiger partial charge in [-0.1, -0.05) is 0 Å². The number of aromatic nitrogens is 1. The van der Waals surface area contributed by atoms with Crippen molar-refractivity contribution in [1.29, 1.82) is 5.26 Å². The van der Waals surface area contributed by atoms with Crippen molar-refractivity contribution in [2.24, 2.45) is 0 Å². The second kappa shape index (κ2) is 3.13. The highest BCUT2D eigenvalue weighted by molar-refractivity contribution is 9.11. The summed E-state index contributed by atoms with van der Waals surface area (Å²) in [6, 6.07) is 3.70. The second-order valence-corrected chi connectivity index (χ2v) is 3.27. The van der Waals surface area contributed by atoms with Crippen LogP contribution in [0.15, 0.2) is 21.3 Å². The van der Waals surface area contributed by atoms with Crippen LogP contribution in [-0.2, 0) is 0 Å². The molecule has 0 fully saturated rings. The third-order valence-electron chi connectivity index (χ3n) is 0.926. The van der Waals surface area contributed by atoms with Gasteiger partial charge >= 0.3 is 0 Å². The molecule has 1 rings (SSSR count). The fourth-order valence-corrected chi connectivity index (χ4v) is 1.14. The van der Waals surface area contributed by atoms with E-state index in [-0.39, 0.29) is 0 Å². The Bertz CT molecular complexity index is 290. The van der Waals surface area contributed by atoms with Gasteiger partial charge in [0.05, 0.1) is 5.56 Å². The van der Waals surface area contributed by atoms with E-state index in [2.05, 4.69) is 36.8 Å². The van der Waals surface area contributed by atoms with Gasteiger partial charge in [-0.2, -0.15) is 5.26 Å². The third-order valence-corrected chi connectivity index (χ3v) is 1.99. The summed E-state index contributed by atoms with van der Waals surface area (Å²) >= 11 is 6.34. The molecular formula is C6H2Br2N2. The molecule has 0 aliphatic heterocycles. The lowest BCUT2D eigenvalue weighted by Gasteiger charge is -1.92. The Balaban J connectivity index is 3.25. The zero-order chi connectivity index (χ0) is 7.56. The zero-order valence-electron chi connectivity index (χ0n) is 4.81. The molecule has 0 aromatic carbocycles. The maximum atomic E-state index is 8.50. The second-order valence-electron chi connectivity index (χ2n) is 1.60. The first-order valence-electron chi connectivity index (χ1n) is 2.45. The van der Waals surface area contributed by atoms with E-state index in [0.29, 0.717) is 10.2 Å². The maximum Gasteiger partial charge on any atom is 0.123 e. The average Bonchev–Trinajstić information content (AvgIpc) is 1.94. The van der Waals surface area contributed by atoms with E-state index in [1.165, 1.54) is 0 Å². The lowest BCUT2D eigenvalue weighted by Crippen LogP contribution is -1.81. The maximum absolute atomic E-state index is 8.50. The van der Waals surface area contributed by atoms with Crippen molar-refractivity contribution in [3.8, 4) is 6.07 Å². The van der Waals surface area contributed by atoms with Crippen LogP contribution in [0.2, 0.25) is 0 Å². The van der Waals surface area contributed by atoms with Crippen LogP contribution in [0, 0.1) is 11.3 Å². The van der Waals surface area contributed by atoms with Gasteiger partial charge in [0.25, 0.3) is 0 Å². The molecule has 0 atom stereocenters. The molecule has 0 saturated carbocycles. The molecule has 0 unspecified atom stereocenters. The number of rotatable bonds is 0. The predicted molar refractivity (Wildman–Crippen MR) is 44.4 cm³/mol. The fourth-order valence-electron chi connectivity index (χ4n) is 0.501. The van der Waals surface area contributed by atoms with Crippen LogP contribution >= 0.6 is 31.9 Å². The summed E-state index contributed by atoms with van der Waals surface area (Å²) in [7, 11) is 0. The van der Waals surface area contributed by atoms with Crippen LogP contribution < -0.4 is 0 Å². The van der Waals surface area contributed by atoms with Gasteiger partial charge < -0.3 is 0 Å². The van der Waals surface area contributed by atoms with Gasteiger partial charge in [0, 0.05) is 10.7 Å². The van der Waals surface area contributed by atoms with E-state index in [1.807, 2.05) is 6.07 Å². The zero-order valence-corrected chi connectivity index (χ0v) is 7.98. The van der Waals surface area contributed by atoms with E-state index in [9.17, 15) is 0 Å². The Morgan fingerprint density at radius 3 is 2.70 bits per heavy atom. The number of nitriles is 1. The van der Waals surface area contributed by atoms with Crippen LogP contribution in [0.25, 0.3) is 0 Å². The van der Waals surface area contributed by atoms with Crippen molar-refractivity contribution in [2.75, 3.05) is 0 Å². The number of nitrogens with zero attached hydrogens (tertiary/aromatic N) is 2. The summed E-state index contributed by atoms with van der Waals surface area (Å²) in [5.41, 5.74) is 0.536. The molecule has 0 saturated heterocycles. The molecule has 1 heterocycles. The molecule has 10 heavy (non-hydrogen) atoms. The molecule has 0 spiro atoms. The summed E-state index contributed by atoms with van der Waals surface area (Å²) < 4.78 is 1.39. The fraction of sp³-hybridized carbons (Fsp3) is 0. The number of pyridine rings is 1. The molecule has 50 valence electrons. The van der Waals surface area contributed by atoms with Crippen LogP contribution in [0.5, 0.6) is 0 Å². The summed E-state index contributed by atoms with van der Waals surface area (Å²) in [6.07, 6.45) is 1.63. The Hall–Kier alpha value is -0.400. The van der Waals surface area contributed by atoms with E-state index in [1.54, 1.807) is 12.3 Å². The molecular weight excluding hydrogens is 260 g/mol. The first-order valence-corrected chi connectivity index (χ1v) is 4.04. The molecule has 0 bridgehead atoms.